The highest BCUT2D eigenvalue weighted by Gasteiger charge is 2.11. The Morgan fingerprint density at radius 1 is 1.53 bits per heavy atom. The third-order valence-corrected chi connectivity index (χ3v) is 3.08. The summed E-state index contributed by atoms with van der Waals surface area (Å²) >= 11 is 1.90. The Hall–Kier alpha value is -0.480. The SMILES string of the molecule is CCNC(CCSC)c1cnn(CC)c1. The van der Waals surface area contributed by atoms with E-state index in [0.29, 0.717) is 6.04 Å². The zero-order valence-corrected chi connectivity index (χ0v) is 10.7. The van der Waals surface area contributed by atoms with E-state index in [0.717, 1.165) is 13.1 Å². The van der Waals surface area contributed by atoms with Crippen molar-refractivity contribution in [2.24, 2.45) is 0 Å². The van der Waals surface area contributed by atoms with Crippen LogP contribution in [0.15, 0.2) is 12.4 Å². The highest BCUT2D eigenvalue weighted by atomic mass is 32.2. The molecule has 4 heteroatoms. The summed E-state index contributed by atoms with van der Waals surface area (Å²) in [4.78, 5) is 0. The zero-order valence-electron chi connectivity index (χ0n) is 9.86. The lowest BCUT2D eigenvalue weighted by Crippen LogP contribution is -2.21. The summed E-state index contributed by atoms with van der Waals surface area (Å²) < 4.78 is 1.98. The van der Waals surface area contributed by atoms with Gasteiger partial charge in [0, 0.05) is 24.3 Å². The lowest BCUT2D eigenvalue weighted by Gasteiger charge is -2.15. The number of thioether (sulfide) groups is 1. The van der Waals surface area contributed by atoms with E-state index in [-0.39, 0.29) is 0 Å². The van der Waals surface area contributed by atoms with Crippen LogP contribution in [0, 0.1) is 0 Å². The number of hydrogen-bond acceptors (Lipinski definition) is 3. The molecule has 0 aliphatic rings. The topological polar surface area (TPSA) is 29.9 Å². The Balaban J connectivity index is 2.60. The summed E-state index contributed by atoms with van der Waals surface area (Å²) in [6.45, 7) is 6.22. The molecule has 0 radical (unpaired) electrons. The van der Waals surface area contributed by atoms with E-state index >= 15 is 0 Å². The summed E-state index contributed by atoms with van der Waals surface area (Å²) in [5.41, 5.74) is 1.31. The van der Waals surface area contributed by atoms with Crippen molar-refractivity contribution >= 4 is 11.8 Å². The number of aromatic nitrogens is 2. The quantitative estimate of drug-likeness (QED) is 0.775. The third-order valence-electron chi connectivity index (χ3n) is 2.44. The van der Waals surface area contributed by atoms with Gasteiger partial charge in [-0.05, 0) is 31.9 Å². The Kier molecular flexibility index (Phi) is 5.79. The maximum atomic E-state index is 4.32. The molecule has 0 spiro atoms. The first kappa shape index (κ1) is 12.6. The Labute approximate surface area is 96.6 Å². The second kappa shape index (κ2) is 6.90. The predicted octanol–water partition coefficient (Wildman–Crippen LogP) is 2.31. The molecule has 1 atom stereocenters. The van der Waals surface area contributed by atoms with Crippen molar-refractivity contribution in [3.8, 4) is 0 Å². The van der Waals surface area contributed by atoms with Gasteiger partial charge in [-0.25, -0.2) is 0 Å². The van der Waals surface area contributed by atoms with Crippen molar-refractivity contribution in [3.05, 3.63) is 18.0 Å². The van der Waals surface area contributed by atoms with Gasteiger partial charge in [0.25, 0.3) is 0 Å². The fourth-order valence-corrected chi connectivity index (χ4v) is 2.07. The molecule has 86 valence electrons. The van der Waals surface area contributed by atoms with Crippen LogP contribution in [0.25, 0.3) is 0 Å². The van der Waals surface area contributed by atoms with Gasteiger partial charge in [0.2, 0.25) is 0 Å². The summed E-state index contributed by atoms with van der Waals surface area (Å²) in [5.74, 6) is 1.19. The molecule has 15 heavy (non-hydrogen) atoms. The standard InChI is InChI=1S/C11H21N3S/c1-4-12-11(6-7-15-3)10-8-13-14(5-2)9-10/h8-9,11-12H,4-7H2,1-3H3. The molecule has 1 rings (SSSR count). The minimum absolute atomic E-state index is 0.461. The molecule has 0 saturated heterocycles. The molecule has 1 aromatic rings. The van der Waals surface area contributed by atoms with Crippen LogP contribution < -0.4 is 5.32 Å². The van der Waals surface area contributed by atoms with Gasteiger partial charge in [-0.3, -0.25) is 4.68 Å². The predicted molar refractivity (Wildman–Crippen MR) is 67.3 cm³/mol. The van der Waals surface area contributed by atoms with E-state index in [1.54, 1.807) is 0 Å². The molecule has 1 unspecified atom stereocenters. The van der Waals surface area contributed by atoms with Gasteiger partial charge in [0.15, 0.2) is 0 Å². The molecule has 0 aliphatic heterocycles. The number of rotatable bonds is 7. The molecule has 0 amide bonds. The second-order valence-electron chi connectivity index (χ2n) is 3.52. The molecule has 0 bridgehead atoms. The summed E-state index contributed by atoms with van der Waals surface area (Å²) in [7, 11) is 0. The molecule has 0 aromatic carbocycles. The van der Waals surface area contributed by atoms with Crippen LogP contribution in [0.4, 0.5) is 0 Å². The molecule has 3 nitrogen and oxygen atoms in total. The van der Waals surface area contributed by atoms with Crippen molar-refractivity contribution in [1.82, 2.24) is 15.1 Å². The van der Waals surface area contributed by atoms with Gasteiger partial charge < -0.3 is 5.32 Å². The highest BCUT2D eigenvalue weighted by molar-refractivity contribution is 7.98. The highest BCUT2D eigenvalue weighted by Crippen LogP contribution is 2.17. The smallest absolute Gasteiger partial charge is 0.0537 e. The lowest BCUT2D eigenvalue weighted by atomic mass is 10.1. The Morgan fingerprint density at radius 2 is 2.33 bits per heavy atom. The summed E-state index contributed by atoms with van der Waals surface area (Å²) in [6.07, 6.45) is 7.45. The monoisotopic (exact) mass is 227 g/mol. The van der Waals surface area contributed by atoms with Crippen molar-refractivity contribution in [2.45, 2.75) is 32.9 Å². The molecule has 1 heterocycles. The van der Waals surface area contributed by atoms with Crippen LogP contribution in [0.5, 0.6) is 0 Å². The number of nitrogens with zero attached hydrogens (tertiary/aromatic N) is 2. The summed E-state index contributed by atoms with van der Waals surface area (Å²) in [6, 6.07) is 0.461. The fraction of sp³-hybridized carbons (Fsp3) is 0.727. The zero-order chi connectivity index (χ0) is 11.1. The van der Waals surface area contributed by atoms with Gasteiger partial charge in [-0.2, -0.15) is 16.9 Å². The first-order valence-corrected chi connectivity index (χ1v) is 6.95. The number of nitrogens with one attached hydrogen (secondary N) is 1. The van der Waals surface area contributed by atoms with Gasteiger partial charge in [-0.15, -0.1) is 0 Å². The van der Waals surface area contributed by atoms with Crippen LogP contribution in [0.1, 0.15) is 31.9 Å². The second-order valence-corrected chi connectivity index (χ2v) is 4.51. The van der Waals surface area contributed by atoms with E-state index in [9.17, 15) is 0 Å². The molecule has 1 N–H and O–H groups in total. The first-order chi connectivity index (χ1) is 7.31. The Morgan fingerprint density at radius 3 is 2.87 bits per heavy atom. The average Bonchev–Trinajstić information content (AvgIpc) is 2.72. The minimum Gasteiger partial charge on any atom is -0.310 e. The van der Waals surface area contributed by atoms with Gasteiger partial charge >= 0.3 is 0 Å². The molecule has 0 fully saturated rings. The van der Waals surface area contributed by atoms with E-state index in [2.05, 4.69) is 36.7 Å². The van der Waals surface area contributed by atoms with Crippen molar-refractivity contribution in [3.63, 3.8) is 0 Å². The van der Waals surface area contributed by atoms with Gasteiger partial charge in [0.1, 0.15) is 0 Å². The van der Waals surface area contributed by atoms with Crippen molar-refractivity contribution < 1.29 is 0 Å². The minimum atomic E-state index is 0.461. The van der Waals surface area contributed by atoms with Crippen LogP contribution in [-0.2, 0) is 6.54 Å². The Bertz CT molecular complexity index is 273. The van der Waals surface area contributed by atoms with E-state index in [4.69, 9.17) is 0 Å². The summed E-state index contributed by atoms with van der Waals surface area (Å²) in [5, 5.41) is 7.82. The normalized spacial score (nSPS) is 13.0. The van der Waals surface area contributed by atoms with Crippen LogP contribution >= 0.6 is 11.8 Å². The van der Waals surface area contributed by atoms with E-state index in [1.807, 2.05) is 22.6 Å². The van der Waals surface area contributed by atoms with E-state index < -0.39 is 0 Å². The average molecular weight is 227 g/mol. The third kappa shape index (κ3) is 3.87. The van der Waals surface area contributed by atoms with Crippen LogP contribution in [-0.4, -0.2) is 28.3 Å². The van der Waals surface area contributed by atoms with Crippen LogP contribution in [0.2, 0.25) is 0 Å². The maximum Gasteiger partial charge on any atom is 0.0537 e. The van der Waals surface area contributed by atoms with E-state index in [1.165, 1.54) is 17.7 Å². The van der Waals surface area contributed by atoms with Gasteiger partial charge in [0.05, 0.1) is 6.20 Å². The molecule has 0 aliphatic carbocycles. The molecular weight excluding hydrogens is 206 g/mol. The van der Waals surface area contributed by atoms with Crippen LogP contribution in [0.3, 0.4) is 0 Å². The lowest BCUT2D eigenvalue weighted by molar-refractivity contribution is 0.540. The molecule has 1 aromatic heterocycles. The molecule has 0 saturated carbocycles. The number of hydrogen-bond donors (Lipinski definition) is 1. The van der Waals surface area contributed by atoms with Crippen molar-refractivity contribution in [2.75, 3.05) is 18.6 Å². The first-order valence-electron chi connectivity index (χ1n) is 5.56. The van der Waals surface area contributed by atoms with Gasteiger partial charge in [-0.1, -0.05) is 6.92 Å². The molecular formula is C11H21N3S. The maximum absolute atomic E-state index is 4.32. The fourth-order valence-electron chi connectivity index (χ4n) is 1.60. The largest absolute Gasteiger partial charge is 0.310 e. The van der Waals surface area contributed by atoms with Crippen molar-refractivity contribution in [1.29, 1.82) is 0 Å². The number of aryl methyl sites for hydroxylation is 1.